The van der Waals surface area contributed by atoms with Crippen LogP contribution in [0.2, 0.25) is 5.02 Å². The largest absolute Gasteiger partial charge is 0.376 e. The highest BCUT2D eigenvalue weighted by atomic mass is 35.5. The fraction of sp³-hybridized carbons (Fsp3) is 0.412. The van der Waals surface area contributed by atoms with Crippen LogP contribution < -0.4 is 0 Å². The summed E-state index contributed by atoms with van der Waals surface area (Å²) in [5.74, 6) is -0.515. The summed E-state index contributed by atoms with van der Waals surface area (Å²) in [6, 6.07) is 4.32. The molecule has 1 aromatic heterocycles. The van der Waals surface area contributed by atoms with Crippen LogP contribution in [0.5, 0.6) is 0 Å². The molecule has 0 saturated carbocycles. The molecule has 128 valence electrons. The maximum absolute atomic E-state index is 14.2. The number of halogens is 2. The maximum Gasteiger partial charge on any atom is 0.259 e. The van der Waals surface area contributed by atoms with Crippen LogP contribution in [0.4, 0.5) is 4.39 Å². The second-order valence-corrected chi connectivity index (χ2v) is 6.29. The van der Waals surface area contributed by atoms with Crippen LogP contribution in [0, 0.1) is 12.7 Å². The average Bonchev–Trinajstić information content (AvgIpc) is 3.16. The molecule has 1 saturated heterocycles. The number of rotatable bonds is 4. The predicted molar refractivity (Wildman–Crippen MR) is 87.6 cm³/mol. The van der Waals surface area contributed by atoms with E-state index >= 15 is 0 Å². The standard InChI is InChI=1S/C17H18ClFN2O3/c1-10-14(17(22)21(2)9-11-5-4-8-23-11)16(20-24-10)15-12(18)6-3-7-13(15)19/h3,6-7,11H,4-5,8-9H2,1-2H3/t11-/m0/s1. The van der Waals surface area contributed by atoms with Crippen molar-refractivity contribution in [2.75, 3.05) is 20.2 Å². The number of aromatic nitrogens is 1. The summed E-state index contributed by atoms with van der Waals surface area (Å²) < 4.78 is 24.9. The smallest absolute Gasteiger partial charge is 0.259 e. The lowest BCUT2D eigenvalue weighted by molar-refractivity contribution is 0.0586. The first-order valence-electron chi connectivity index (χ1n) is 7.76. The lowest BCUT2D eigenvalue weighted by atomic mass is 10.0. The molecule has 0 bridgehead atoms. The molecular weight excluding hydrogens is 335 g/mol. The molecule has 1 aliphatic heterocycles. The van der Waals surface area contributed by atoms with Crippen LogP contribution in [0.15, 0.2) is 22.7 Å². The van der Waals surface area contributed by atoms with Gasteiger partial charge in [0.05, 0.1) is 16.7 Å². The Hall–Kier alpha value is -1.92. The molecule has 0 radical (unpaired) electrons. The van der Waals surface area contributed by atoms with E-state index in [0.717, 1.165) is 19.4 Å². The number of ether oxygens (including phenoxy) is 1. The molecule has 3 rings (SSSR count). The molecule has 1 atom stereocenters. The Labute approximate surface area is 144 Å². The number of hydrogen-bond donors (Lipinski definition) is 0. The van der Waals surface area contributed by atoms with Gasteiger partial charge in [-0.1, -0.05) is 22.8 Å². The third kappa shape index (κ3) is 3.16. The number of aryl methyl sites for hydroxylation is 1. The van der Waals surface area contributed by atoms with E-state index in [4.69, 9.17) is 20.9 Å². The van der Waals surface area contributed by atoms with Gasteiger partial charge in [-0.2, -0.15) is 0 Å². The fourth-order valence-corrected chi connectivity index (χ4v) is 3.14. The van der Waals surface area contributed by atoms with Gasteiger partial charge in [0.15, 0.2) is 0 Å². The van der Waals surface area contributed by atoms with Gasteiger partial charge >= 0.3 is 0 Å². The van der Waals surface area contributed by atoms with Gasteiger partial charge in [-0.3, -0.25) is 4.79 Å². The Morgan fingerprint density at radius 3 is 2.96 bits per heavy atom. The van der Waals surface area contributed by atoms with Crippen LogP contribution in [-0.4, -0.2) is 42.3 Å². The molecule has 24 heavy (non-hydrogen) atoms. The molecule has 1 amide bonds. The number of carbonyl (C=O) groups excluding carboxylic acids is 1. The van der Waals surface area contributed by atoms with Crippen molar-refractivity contribution in [2.45, 2.75) is 25.9 Å². The zero-order chi connectivity index (χ0) is 17.3. The molecule has 7 heteroatoms. The van der Waals surface area contributed by atoms with Crippen molar-refractivity contribution in [1.29, 1.82) is 0 Å². The Bertz CT molecular complexity index is 736. The Balaban J connectivity index is 1.93. The van der Waals surface area contributed by atoms with Crippen molar-refractivity contribution < 1.29 is 18.4 Å². The summed E-state index contributed by atoms with van der Waals surface area (Å²) >= 11 is 6.10. The van der Waals surface area contributed by atoms with E-state index in [1.165, 1.54) is 12.1 Å². The van der Waals surface area contributed by atoms with Crippen molar-refractivity contribution in [1.82, 2.24) is 10.1 Å². The summed E-state index contributed by atoms with van der Waals surface area (Å²) in [4.78, 5) is 14.4. The summed E-state index contributed by atoms with van der Waals surface area (Å²) in [5.41, 5.74) is 0.423. The van der Waals surface area contributed by atoms with Crippen molar-refractivity contribution in [2.24, 2.45) is 0 Å². The Morgan fingerprint density at radius 2 is 2.29 bits per heavy atom. The minimum Gasteiger partial charge on any atom is -0.376 e. The quantitative estimate of drug-likeness (QED) is 0.842. The molecule has 0 spiro atoms. The summed E-state index contributed by atoms with van der Waals surface area (Å²) in [6.07, 6.45) is 1.95. The van der Waals surface area contributed by atoms with Crippen molar-refractivity contribution in [3.8, 4) is 11.3 Å². The first-order chi connectivity index (χ1) is 11.5. The van der Waals surface area contributed by atoms with Crippen LogP contribution >= 0.6 is 11.6 Å². The zero-order valence-corrected chi connectivity index (χ0v) is 14.3. The predicted octanol–water partition coefficient (Wildman–Crippen LogP) is 3.69. The molecular formula is C17H18ClFN2O3. The summed E-state index contributed by atoms with van der Waals surface area (Å²) in [6.45, 7) is 2.81. The fourth-order valence-electron chi connectivity index (χ4n) is 2.89. The monoisotopic (exact) mass is 352 g/mol. The minimum atomic E-state index is -0.549. The third-order valence-electron chi connectivity index (χ3n) is 4.12. The maximum atomic E-state index is 14.2. The van der Waals surface area contributed by atoms with E-state index in [9.17, 15) is 9.18 Å². The molecule has 1 aromatic carbocycles. The van der Waals surface area contributed by atoms with Gasteiger partial charge in [-0.25, -0.2) is 4.39 Å². The summed E-state index contributed by atoms with van der Waals surface area (Å²) in [7, 11) is 1.68. The zero-order valence-electron chi connectivity index (χ0n) is 13.5. The van der Waals surface area contributed by atoms with Crippen LogP contribution in [0.25, 0.3) is 11.3 Å². The topological polar surface area (TPSA) is 55.6 Å². The number of benzene rings is 1. The molecule has 1 fully saturated rings. The number of amides is 1. The summed E-state index contributed by atoms with van der Waals surface area (Å²) in [5, 5.41) is 4.04. The minimum absolute atomic E-state index is 0.0274. The van der Waals surface area contributed by atoms with Crippen molar-refractivity contribution in [3.05, 3.63) is 40.4 Å². The van der Waals surface area contributed by atoms with Gasteiger partial charge in [0.25, 0.3) is 5.91 Å². The first kappa shape index (κ1) is 16.9. The lowest BCUT2D eigenvalue weighted by Gasteiger charge is -2.21. The number of likely N-dealkylation sites (N-methyl/N-ethyl adjacent to an activating group) is 1. The van der Waals surface area contributed by atoms with E-state index in [-0.39, 0.29) is 33.9 Å². The van der Waals surface area contributed by atoms with Gasteiger partial charge in [-0.15, -0.1) is 0 Å². The Kier molecular flexibility index (Phi) is 4.87. The van der Waals surface area contributed by atoms with E-state index in [1.807, 2.05) is 0 Å². The van der Waals surface area contributed by atoms with E-state index < -0.39 is 5.82 Å². The van der Waals surface area contributed by atoms with E-state index in [2.05, 4.69) is 5.16 Å². The van der Waals surface area contributed by atoms with E-state index in [0.29, 0.717) is 12.3 Å². The third-order valence-corrected chi connectivity index (χ3v) is 4.44. The van der Waals surface area contributed by atoms with Crippen molar-refractivity contribution in [3.63, 3.8) is 0 Å². The second kappa shape index (κ2) is 6.91. The molecule has 0 aliphatic carbocycles. The highest BCUT2D eigenvalue weighted by Gasteiger charge is 2.29. The molecule has 2 aromatic rings. The van der Waals surface area contributed by atoms with Crippen LogP contribution in [0.3, 0.4) is 0 Å². The lowest BCUT2D eigenvalue weighted by Crippen LogP contribution is -2.34. The van der Waals surface area contributed by atoms with E-state index in [1.54, 1.807) is 24.9 Å². The molecule has 0 unspecified atom stereocenters. The average molecular weight is 353 g/mol. The highest BCUT2D eigenvalue weighted by Crippen LogP contribution is 2.34. The SMILES string of the molecule is Cc1onc(-c2c(F)cccc2Cl)c1C(=O)N(C)C[C@@H]1CCCO1. The second-order valence-electron chi connectivity index (χ2n) is 5.88. The molecule has 5 nitrogen and oxygen atoms in total. The van der Waals surface area contributed by atoms with Crippen molar-refractivity contribution >= 4 is 17.5 Å². The van der Waals surface area contributed by atoms with Gasteiger partial charge < -0.3 is 14.2 Å². The first-order valence-corrected chi connectivity index (χ1v) is 8.14. The Morgan fingerprint density at radius 1 is 1.50 bits per heavy atom. The molecule has 1 aliphatic rings. The van der Waals surface area contributed by atoms with Gasteiger partial charge in [0.2, 0.25) is 0 Å². The van der Waals surface area contributed by atoms with Gasteiger partial charge in [0, 0.05) is 20.2 Å². The van der Waals surface area contributed by atoms with Crippen LogP contribution in [0.1, 0.15) is 29.0 Å². The highest BCUT2D eigenvalue weighted by molar-refractivity contribution is 6.33. The number of hydrogen-bond acceptors (Lipinski definition) is 4. The molecule has 0 N–H and O–H groups in total. The van der Waals surface area contributed by atoms with Crippen LogP contribution in [-0.2, 0) is 4.74 Å². The number of nitrogens with zero attached hydrogens (tertiary/aromatic N) is 2. The number of carbonyl (C=O) groups is 1. The van der Waals surface area contributed by atoms with Gasteiger partial charge in [0.1, 0.15) is 22.8 Å². The normalized spacial score (nSPS) is 17.2. The molecule has 2 heterocycles. The van der Waals surface area contributed by atoms with Gasteiger partial charge in [-0.05, 0) is 31.9 Å².